The molecule has 3 rings (SSSR count). The van der Waals surface area contributed by atoms with Crippen molar-refractivity contribution in [3.8, 4) is 0 Å². The Kier molecular flexibility index (Phi) is 5.77. The normalized spacial score (nSPS) is 19.5. The third-order valence-electron chi connectivity index (χ3n) is 5.20. The zero-order valence-electron chi connectivity index (χ0n) is 14.0. The minimum absolute atomic E-state index is 0.00513. The van der Waals surface area contributed by atoms with Crippen LogP contribution in [-0.4, -0.2) is 35.8 Å². The standard InChI is InChI=1S/C19H25ClN2O2/c20-17-8-4-3-7-16(17)19(24)22-11-9-14(10-12-22)13-18(23)21-15-5-1-2-6-15/h3-4,7-8,14-15H,1-2,5-6,9-13H2,(H,21,23). The van der Waals surface area contributed by atoms with E-state index in [1.807, 2.05) is 17.0 Å². The van der Waals surface area contributed by atoms with Crippen LogP contribution in [0.2, 0.25) is 5.02 Å². The lowest BCUT2D eigenvalue weighted by atomic mass is 9.92. The highest BCUT2D eigenvalue weighted by molar-refractivity contribution is 6.33. The van der Waals surface area contributed by atoms with E-state index < -0.39 is 0 Å². The average molecular weight is 349 g/mol. The van der Waals surface area contributed by atoms with Gasteiger partial charge < -0.3 is 10.2 Å². The van der Waals surface area contributed by atoms with Gasteiger partial charge in [-0.1, -0.05) is 36.6 Å². The number of likely N-dealkylation sites (tertiary alicyclic amines) is 1. The lowest BCUT2D eigenvalue weighted by Gasteiger charge is -2.32. The summed E-state index contributed by atoms with van der Waals surface area (Å²) < 4.78 is 0. The Hall–Kier alpha value is -1.55. The van der Waals surface area contributed by atoms with E-state index in [1.54, 1.807) is 12.1 Å². The molecule has 1 saturated carbocycles. The van der Waals surface area contributed by atoms with Gasteiger partial charge in [0, 0.05) is 25.6 Å². The molecule has 0 bridgehead atoms. The molecular formula is C19H25ClN2O2. The number of nitrogens with one attached hydrogen (secondary N) is 1. The molecular weight excluding hydrogens is 324 g/mol. The Labute approximate surface area is 148 Å². The maximum absolute atomic E-state index is 12.5. The maximum Gasteiger partial charge on any atom is 0.255 e. The number of halogens is 1. The molecule has 1 aliphatic carbocycles. The van der Waals surface area contributed by atoms with Gasteiger partial charge >= 0.3 is 0 Å². The van der Waals surface area contributed by atoms with E-state index in [0.29, 0.717) is 42.1 Å². The highest BCUT2D eigenvalue weighted by Crippen LogP contribution is 2.25. The van der Waals surface area contributed by atoms with Gasteiger partial charge in [-0.25, -0.2) is 0 Å². The van der Waals surface area contributed by atoms with Crippen LogP contribution in [0.1, 0.15) is 55.3 Å². The van der Waals surface area contributed by atoms with Crippen molar-refractivity contribution in [3.05, 3.63) is 34.9 Å². The molecule has 0 spiro atoms. The summed E-state index contributed by atoms with van der Waals surface area (Å²) in [5.41, 5.74) is 0.566. The second-order valence-electron chi connectivity index (χ2n) is 6.97. The fraction of sp³-hybridized carbons (Fsp3) is 0.579. The molecule has 1 aliphatic heterocycles. The highest BCUT2D eigenvalue weighted by atomic mass is 35.5. The summed E-state index contributed by atoms with van der Waals surface area (Å²) in [5.74, 6) is 0.550. The van der Waals surface area contributed by atoms with E-state index in [9.17, 15) is 9.59 Å². The number of rotatable bonds is 4. The van der Waals surface area contributed by atoms with Crippen LogP contribution in [0.5, 0.6) is 0 Å². The van der Waals surface area contributed by atoms with Crippen LogP contribution in [0.25, 0.3) is 0 Å². The fourth-order valence-electron chi connectivity index (χ4n) is 3.76. The van der Waals surface area contributed by atoms with Crippen molar-refractivity contribution in [1.82, 2.24) is 10.2 Å². The predicted molar refractivity (Wildman–Crippen MR) is 95.1 cm³/mol. The second-order valence-corrected chi connectivity index (χ2v) is 7.38. The van der Waals surface area contributed by atoms with Gasteiger partial charge in [-0.2, -0.15) is 0 Å². The van der Waals surface area contributed by atoms with E-state index in [4.69, 9.17) is 11.6 Å². The largest absolute Gasteiger partial charge is 0.353 e. The van der Waals surface area contributed by atoms with Gasteiger partial charge in [0.15, 0.2) is 0 Å². The molecule has 0 unspecified atom stereocenters. The number of carbonyl (C=O) groups is 2. The molecule has 1 aromatic carbocycles. The lowest BCUT2D eigenvalue weighted by Crippen LogP contribution is -2.40. The van der Waals surface area contributed by atoms with Crippen molar-refractivity contribution in [2.24, 2.45) is 5.92 Å². The van der Waals surface area contributed by atoms with Crippen LogP contribution in [0.4, 0.5) is 0 Å². The minimum atomic E-state index is -0.00513. The Morgan fingerprint density at radius 1 is 1.08 bits per heavy atom. The number of amides is 2. The van der Waals surface area contributed by atoms with Crippen molar-refractivity contribution < 1.29 is 9.59 Å². The Morgan fingerprint density at radius 2 is 1.75 bits per heavy atom. The zero-order valence-corrected chi connectivity index (χ0v) is 14.7. The van der Waals surface area contributed by atoms with Crippen LogP contribution >= 0.6 is 11.6 Å². The van der Waals surface area contributed by atoms with Crippen LogP contribution in [0, 0.1) is 5.92 Å². The van der Waals surface area contributed by atoms with E-state index in [0.717, 1.165) is 25.7 Å². The molecule has 0 atom stereocenters. The van der Waals surface area contributed by atoms with Crippen molar-refractivity contribution in [2.45, 2.75) is 51.0 Å². The van der Waals surface area contributed by atoms with Gasteiger partial charge in [0.25, 0.3) is 5.91 Å². The van der Waals surface area contributed by atoms with Crippen LogP contribution < -0.4 is 5.32 Å². The number of hydrogen-bond acceptors (Lipinski definition) is 2. The van der Waals surface area contributed by atoms with Gasteiger partial charge in [0.05, 0.1) is 10.6 Å². The summed E-state index contributed by atoms with van der Waals surface area (Å²) in [5, 5.41) is 3.66. The molecule has 2 aliphatic rings. The monoisotopic (exact) mass is 348 g/mol. The SMILES string of the molecule is O=C(CC1CCN(C(=O)c2ccccc2Cl)CC1)NC1CCCC1. The Bertz CT molecular complexity index is 591. The summed E-state index contributed by atoms with van der Waals surface area (Å²) in [6.45, 7) is 1.40. The van der Waals surface area contributed by atoms with Crippen molar-refractivity contribution in [1.29, 1.82) is 0 Å². The van der Waals surface area contributed by atoms with Crippen molar-refractivity contribution in [2.75, 3.05) is 13.1 Å². The molecule has 5 heteroatoms. The molecule has 1 N–H and O–H groups in total. The van der Waals surface area contributed by atoms with E-state index in [-0.39, 0.29) is 11.8 Å². The smallest absolute Gasteiger partial charge is 0.255 e. The second kappa shape index (κ2) is 8.02. The first-order valence-electron chi connectivity index (χ1n) is 8.96. The summed E-state index contributed by atoms with van der Waals surface area (Å²) in [6.07, 6.45) is 7.06. The molecule has 4 nitrogen and oxygen atoms in total. The first kappa shape index (κ1) is 17.3. The number of benzene rings is 1. The van der Waals surface area contributed by atoms with Crippen molar-refractivity contribution in [3.63, 3.8) is 0 Å². The quantitative estimate of drug-likeness (QED) is 0.903. The number of hydrogen-bond donors (Lipinski definition) is 1. The highest BCUT2D eigenvalue weighted by Gasteiger charge is 2.26. The number of piperidine rings is 1. The van der Waals surface area contributed by atoms with Crippen LogP contribution in [0.3, 0.4) is 0 Å². The summed E-state index contributed by atoms with van der Waals surface area (Å²) >= 11 is 6.12. The Balaban J connectivity index is 1.46. The predicted octanol–water partition coefficient (Wildman–Crippen LogP) is 3.64. The van der Waals surface area contributed by atoms with Gasteiger partial charge in [-0.3, -0.25) is 9.59 Å². The van der Waals surface area contributed by atoms with E-state index in [2.05, 4.69) is 5.32 Å². The molecule has 1 aromatic rings. The topological polar surface area (TPSA) is 49.4 Å². The van der Waals surface area contributed by atoms with Gasteiger partial charge in [0.1, 0.15) is 0 Å². The molecule has 2 fully saturated rings. The summed E-state index contributed by atoms with van der Waals surface area (Å²) in [7, 11) is 0. The summed E-state index contributed by atoms with van der Waals surface area (Å²) in [4.78, 5) is 26.5. The first-order valence-corrected chi connectivity index (χ1v) is 9.34. The fourth-order valence-corrected chi connectivity index (χ4v) is 3.98. The summed E-state index contributed by atoms with van der Waals surface area (Å²) in [6, 6.07) is 7.56. The molecule has 130 valence electrons. The van der Waals surface area contributed by atoms with E-state index in [1.165, 1.54) is 12.8 Å². The molecule has 1 saturated heterocycles. The molecule has 0 aromatic heterocycles. The molecule has 1 heterocycles. The zero-order chi connectivity index (χ0) is 16.9. The van der Waals surface area contributed by atoms with Crippen LogP contribution in [-0.2, 0) is 4.79 Å². The van der Waals surface area contributed by atoms with Gasteiger partial charge in [-0.05, 0) is 43.7 Å². The molecule has 24 heavy (non-hydrogen) atoms. The third kappa shape index (κ3) is 4.29. The van der Waals surface area contributed by atoms with Gasteiger partial charge in [0.2, 0.25) is 5.91 Å². The molecule has 0 radical (unpaired) electrons. The molecule has 2 amide bonds. The average Bonchev–Trinajstić information content (AvgIpc) is 3.08. The third-order valence-corrected chi connectivity index (χ3v) is 5.53. The minimum Gasteiger partial charge on any atom is -0.353 e. The van der Waals surface area contributed by atoms with E-state index >= 15 is 0 Å². The number of nitrogens with zero attached hydrogens (tertiary/aromatic N) is 1. The Morgan fingerprint density at radius 3 is 2.42 bits per heavy atom. The first-order chi connectivity index (χ1) is 11.6. The maximum atomic E-state index is 12.5. The van der Waals surface area contributed by atoms with Crippen LogP contribution in [0.15, 0.2) is 24.3 Å². The number of carbonyl (C=O) groups excluding carboxylic acids is 2. The lowest BCUT2D eigenvalue weighted by molar-refractivity contribution is -0.123. The van der Waals surface area contributed by atoms with Gasteiger partial charge in [-0.15, -0.1) is 0 Å². The van der Waals surface area contributed by atoms with Crippen molar-refractivity contribution >= 4 is 23.4 Å².